The molecule has 0 aliphatic carbocycles. The van der Waals surface area contributed by atoms with Gasteiger partial charge in [-0.3, -0.25) is 19.7 Å². The second-order valence-electron chi connectivity index (χ2n) is 6.63. The van der Waals surface area contributed by atoms with Gasteiger partial charge in [-0.25, -0.2) is 4.68 Å². The monoisotopic (exact) mass is 408 g/mol. The van der Waals surface area contributed by atoms with Gasteiger partial charge >= 0.3 is 0 Å². The molecule has 1 amide bonds. The fourth-order valence-electron chi connectivity index (χ4n) is 3.08. The van der Waals surface area contributed by atoms with E-state index in [9.17, 15) is 19.7 Å². The van der Waals surface area contributed by atoms with Crippen LogP contribution in [0, 0.1) is 17.0 Å². The number of benzene rings is 2. The average Bonchev–Trinajstić information content (AvgIpc) is 2.73. The number of carbonyl (C=O) groups excluding carboxylic acids is 1. The molecule has 0 radical (unpaired) electrons. The Balaban J connectivity index is 2.01. The Morgan fingerprint density at radius 3 is 2.57 bits per heavy atom. The first-order valence-corrected chi connectivity index (χ1v) is 9.05. The third-order valence-corrected chi connectivity index (χ3v) is 4.56. The van der Waals surface area contributed by atoms with Crippen molar-refractivity contribution in [1.82, 2.24) is 14.7 Å². The predicted octanol–water partition coefficient (Wildman–Crippen LogP) is 2.73. The van der Waals surface area contributed by atoms with E-state index >= 15 is 0 Å². The highest BCUT2D eigenvalue weighted by Crippen LogP contribution is 2.23. The van der Waals surface area contributed by atoms with Gasteiger partial charge in [0.15, 0.2) is 5.69 Å². The lowest BCUT2D eigenvalue weighted by molar-refractivity contribution is -0.384. The van der Waals surface area contributed by atoms with Crippen LogP contribution in [0.15, 0.2) is 59.4 Å². The maximum Gasteiger partial charge on any atom is 0.294 e. The minimum Gasteiger partial charge on any atom is -0.496 e. The Bertz CT molecular complexity index is 1170. The van der Waals surface area contributed by atoms with Gasteiger partial charge in [0.25, 0.3) is 11.6 Å². The highest BCUT2D eigenvalue weighted by atomic mass is 16.6. The quantitative estimate of drug-likeness (QED) is 0.458. The normalized spacial score (nSPS) is 10.5. The molecule has 0 aliphatic heterocycles. The van der Waals surface area contributed by atoms with Crippen LogP contribution in [0.4, 0.5) is 5.69 Å². The standard InChI is InChI=1S/C21H20N4O5/c1-14-12-18(26)20(22-24(14)16-9-5-6-10-17(16)25(28)29)21(27)23(2)13-15-8-4-7-11-19(15)30-3/h4-12H,13H2,1-3H3. The summed E-state index contributed by atoms with van der Waals surface area (Å²) in [5.74, 6) is 0.0181. The molecule has 9 heteroatoms. The van der Waals surface area contributed by atoms with Crippen molar-refractivity contribution in [2.45, 2.75) is 13.5 Å². The molecule has 1 heterocycles. The molecular formula is C21H20N4O5. The van der Waals surface area contributed by atoms with Crippen molar-refractivity contribution in [2.24, 2.45) is 0 Å². The van der Waals surface area contributed by atoms with Gasteiger partial charge in [0.2, 0.25) is 5.43 Å². The summed E-state index contributed by atoms with van der Waals surface area (Å²) in [4.78, 5) is 37.6. The van der Waals surface area contributed by atoms with E-state index in [0.717, 1.165) is 5.56 Å². The number of carbonyl (C=O) groups is 1. The summed E-state index contributed by atoms with van der Waals surface area (Å²) in [5.41, 5.74) is 0.245. The summed E-state index contributed by atoms with van der Waals surface area (Å²) in [7, 11) is 3.08. The van der Waals surface area contributed by atoms with Crippen LogP contribution >= 0.6 is 0 Å². The zero-order valence-electron chi connectivity index (χ0n) is 16.7. The molecule has 1 aromatic heterocycles. The van der Waals surface area contributed by atoms with Crippen molar-refractivity contribution in [3.8, 4) is 11.4 Å². The Morgan fingerprint density at radius 2 is 1.87 bits per heavy atom. The molecule has 3 aromatic rings. The SMILES string of the molecule is COc1ccccc1CN(C)C(=O)c1nn(-c2ccccc2[N+](=O)[O-])c(C)cc1=O. The first kappa shape index (κ1) is 20.7. The van der Waals surface area contributed by atoms with E-state index in [-0.39, 0.29) is 23.6 Å². The maximum absolute atomic E-state index is 13.0. The van der Waals surface area contributed by atoms with Gasteiger partial charge in [-0.1, -0.05) is 30.3 Å². The van der Waals surface area contributed by atoms with Crippen LogP contribution in [0.25, 0.3) is 5.69 Å². The van der Waals surface area contributed by atoms with Crippen LogP contribution in [-0.4, -0.2) is 39.7 Å². The minimum atomic E-state index is -0.599. The van der Waals surface area contributed by atoms with Crippen molar-refractivity contribution in [2.75, 3.05) is 14.2 Å². The van der Waals surface area contributed by atoms with Crippen LogP contribution in [0.3, 0.4) is 0 Å². The number of rotatable bonds is 6. The van der Waals surface area contributed by atoms with Crippen molar-refractivity contribution >= 4 is 11.6 Å². The van der Waals surface area contributed by atoms with Crippen LogP contribution in [0.5, 0.6) is 5.75 Å². The van der Waals surface area contributed by atoms with Crippen LogP contribution in [-0.2, 0) is 6.54 Å². The first-order chi connectivity index (χ1) is 14.3. The van der Waals surface area contributed by atoms with Crippen molar-refractivity contribution in [1.29, 1.82) is 0 Å². The summed E-state index contributed by atoms with van der Waals surface area (Å²) < 4.78 is 6.54. The zero-order valence-corrected chi connectivity index (χ0v) is 16.7. The van der Waals surface area contributed by atoms with Gasteiger partial charge in [-0.15, -0.1) is 0 Å². The number of hydrogen-bond donors (Lipinski definition) is 0. The zero-order chi connectivity index (χ0) is 21.8. The van der Waals surface area contributed by atoms with Crippen molar-refractivity contribution < 1.29 is 14.5 Å². The van der Waals surface area contributed by atoms with Crippen LogP contribution < -0.4 is 10.2 Å². The number of methoxy groups -OCH3 is 1. The summed E-state index contributed by atoms with van der Waals surface area (Å²) in [5, 5.41) is 15.5. The van der Waals surface area contributed by atoms with E-state index in [4.69, 9.17) is 4.74 Å². The summed E-state index contributed by atoms with van der Waals surface area (Å²) in [6.45, 7) is 1.79. The van der Waals surface area contributed by atoms with Gasteiger partial charge in [-0.05, 0) is 19.1 Å². The molecule has 154 valence electrons. The average molecular weight is 408 g/mol. The molecule has 2 aromatic carbocycles. The summed E-state index contributed by atoms with van der Waals surface area (Å²) in [6, 6.07) is 14.5. The minimum absolute atomic E-state index is 0.168. The van der Waals surface area contributed by atoms with Crippen molar-refractivity contribution in [3.05, 3.63) is 91.9 Å². The van der Waals surface area contributed by atoms with E-state index in [0.29, 0.717) is 11.4 Å². The molecular weight excluding hydrogens is 388 g/mol. The maximum atomic E-state index is 13.0. The Hall–Kier alpha value is -4.01. The molecule has 0 saturated heterocycles. The number of aromatic nitrogens is 2. The molecule has 0 bridgehead atoms. The summed E-state index contributed by atoms with van der Waals surface area (Å²) in [6.07, 6.45) is 0. The first-order valence-electron chi connectivity index (χ1n) is 9.05. The molecule has 0 aliphatic rings. The fraction of sp³-hybridized carbons (Fsp3) is 0.190. The van der Waals surface area contributed by atoms with E-state index in [1.165, 1.54) is 41.0 Å². The van der Waals surface area contributed by atoms with E-state index in [1.807, 2.05) is 18.2 Å². The number of ether oxygens (including phenoxy) is 1. The van der Waals surface area contributed by atoms with Gasteiger partial charge in [0.1, 0.15) is 11.4 Å². The van der Waals surface area contributed by atoms with Gasteiger partial charge in [0, 0.05) is 37.0 Å². The number of amides is 1. The molecule has 0 fully saturated rings. The number of nitrogens with zero attached hydrogens (tertiary/aromatic N) is 4. The third-order valence-electron chi connectivity index (χ3n) is 4.56. The smallest absolute Gasteiger partial charge is 0.294 e. The lowest BCUT2D eigenvalue weighted by atomic mass is 10.2. The summed E-state index contributed by atoms with van der Waals surface area (Å²) >= 11 is 0. The highest BCUT2D eigenvalue weighted by Gasteiger charge is 2.22. The predicted molar refractivity (Wildman–Crippen MR) is 110 cm³/mol. The van der Waals surface area contributed by atoms with Gasteiger partial charge in [-0.2, -0.15) is 5.10 Å². The Morgan fingerprint density at radius 1 is 1.20 bits per heavy atom. The topological polar surface area (TPSA) is 108 Å². The van der Waals surface area contributed by atoms with Crippen LogP contribution in [0.1, 0.15) is 21.7 Å². The second-order valence-corrected chi connectivity index (χ2v) is 6.63. The molecule has 30 heavy (non-hydrogen) atoms. The lowest BCUT2D eigenvalue weighted by Gasteiger charge is -2.19. The number of nitro groups is 1. The Labute approximate surface area is 172 Å². The molecule has 0 spiro atoms. The van der Waals surface area contributed by atoms with E-state index in [2.05, 4.69) is 5.10 Å². The highest BCUT2D eigenvalue weighted by molar-refractivity contribution is 5.92. The fourth-order valence-corrected chi connectivity index (χ4v) is 3.08. The van der Waals surface area contributed by atoms with Gasteiger partial charge in [0.05, 0.1) is 12.0 Å². The van der Waals surface area contributed by atoms with Crippen LogP contribution in [0.2, 0.25) is 0 Å². The molecule has 3 rings (SSSR count). The number of nitro benzene ring substituents is 1. The molecule has 0 saturated carbocycles. The number of hydrogen-bond acceptors (Lipinski definition) is 6. The third kappa shape index (κ3) is 4.04. The van der Waals surface area contributed by atoms with E-state index in [1.54, 1.807) is 26.1 Å². The number of aryl methyl sites for hydroxylation is 1. The molecule has 0 N–H and O–H groups in total. The second kappa shape index (κ2) is 8.56. The van der Waals surface area contributed by atoms with Crippen molar-refractivity contribution in [3.63, 3.8) is 0 Å². The largest absolute Gasteiger partial charge is 0.496 e. The Kier molecular flexibility index (Phi) is 5.91. The molecule has 9 nitrogen and oxygen atoms in total. The van der Waals surface area contributed by atoms with Gasteiger partial charge < -0.3 is 9.64 Å². The number of para-hydroxylation sites is 3. The lowest BCUT2D eigenvalue weighted by Crippen LogP contribution is -2.33. The molecule has 0 atom stereocenters. The van der Waals surface area contributed by atoms with E-state index < -0.39 is 16.3 Å². The molecule has 0 unspecified atom stereocenters.